The van der Waals surface area contributed by atoms with Crippen molar-refractivity contribution in [3.05, 3.63) is 29.8 Å². The van der Waals surface area contributed by atoms with Gasteiger partial charge in [0.25, 0.3) is 0 Å². The molecular weight excluding hydrogens is 245 g/mol. The van der Waals surface area contributed by atoms with Gasteiger partial charge in [-0.05, 0) is 31.4 Å². The van der Waals surface area contributed by atoms with Gasteiger partial charge in [-0.3, -0.25) is 9.88 Å². The standard InChI is InChI=1S/C14H22FN3O/c15-11-4-5-14(17-10-11)13(16)6-7-18(8-9-19)12-2-1-3-12/h4-5,10,12-13,19H,1-3,6-9,16H2. The van der Waals surface area contributed by atoms with Gasteiger partial charge in [0.1, 0.15) is 5.82 Å². The summed E-state index contributed by atoms with van der Waals surface area (Å²) < 4.78 is 12.8. The topological polar surface area (TPSA) is 62.4 Å². The molecule has 1 aliphatic carbocycles. The third-order valence-electron chi connectivity index (χ3n) is 3.84. The molecular formula is C14H22FN3O. The highest BCUT2D eigenvalue weighted by Gasteiger charge is 2.24. The second-order valence-corrected chi connectivity index (χ2v) is 5.14. The van der Waals surface area contributed by atoms with Crippen molar-refractivity contribution in [2.45, 2.75) is 37.8 Å². The van der Waals surface area contributed by atoms with Gasteiger partial charge in [0.05, 0.1) is 18.5 Å². The van der Waals surface area contributed by atoms with E-state index in [1.807, 2.05) is 0 Å². The van der Waals surface area contributed by atoms with Gasteiger partial charge in [0, 0.05) is 25.2 Å². The van der Waals surface area contributed by atoms with Crippen LogP contribution in [0.15, 0.2) is 18.3 Å². The fourth-order valence-electron chi connectivity index (χ4n) is 2.42. The minimum absolute atomic E-state index is 0.179. The molecule has 0 bridgehead atoms. The largest absolute Gasteiger partial charge is 0.395 e. The third-order valence-corrected chi connectivity index (χ3v) is 3.84. The van der Waals surface area contributed by atoms with Crippen LogP contribution in [0.5, 0.6) is 0 Å². The molecule has 4 nitrogen and oxygen atoms in total. The lowest BCUT2D eigenvalue weighted by Gasteiger charge is -2.37. The fraction of sp³-hybridized carbons (Fsp3) is 0.643. The van der Waals surface area contributed by atoms with Crippen LogP contribution in [-0.4, -0.2) is 40.7 Å². The number of hydrogen-bond acceptors (Lipinski definition) is 4. The maximum absolute atomic E-state index is 12.8. The molecule has 1 atom stereocenters. The third kappa shape index (κ3) is 3.96. The molecule has 1 aromatic rings. The lowest BCUT2D eigenvalue weighted by molar-refractivity contribution is 0.0981. The number of nitrogens with two attached hydrogens (primary N) is 1. The van der Waals surface area contributed by atoms with Gasteiger partial charge in [-0.25, -0.2) is 4.39 Å². The van der Waals surface area contributed by atoms with Crippen LogP contribution in [0, 0.1) is 5.82 Å². The monoisotopic (exact) mass is 267 g/mol. The molecule has 1 fully saturated rings. The van der Waals surface area contributed by atoms with Crippen molar-refractivity contribution in [1.82, 2.24) is 9.88 Å². The average molecular weight is 267 g/mol. The normalized spacial score (nSPS) is 17.5. The second-order valence-electron chi connectivity index (χ2n) is 5.14. The van der Waals surface area contributed by atoms with Crippen molar-refractivity contribution in [2.75, 3.05) is 19.7 Å². The van der Waals surface area contributed by atoms with Crippen LogP contribution in [-0.2, 0) is 0 Å². The Labute approximate surface area is 113 Å². The first-order valence-electron chi connectivity index (χ1n) is 6.92. The highest BCUT2D eigenvalue weighted by molar-refractivity contribution is 5.09. The number of nitrogens with zero attached hydrogens (tertiary/aromatic N) is 2. The zero-order valence-corrected chi connectivity index (χ0v) is 11.1. The molecule has 1 saturated carbocycles. The summed E-state index contributed by atoms with van der Waals surface area (Å²) in [6, 6.07) is 3.45. The van der Waals surface area contributed by atoms with Gasteiger partial charge >= 0.3 is 0 Å². The summed E-state index contributed by atoms with van der Waals surface area (Å²) in [6.07, 6.45) is 5.67. The number of aromatic nitrogens is 1. The van der Waals surface area contributed by atoms with E-state index >= 15 is 0 Å². The van der Waals surface area contributed by atoms with Gasteiger partial charge in [-0.15, -0.1) is 0 Å². The Bertz CT molecular complexity index is 381. The molecule has 0 spiro atoms. The minimum Gasteiger partial charge on any atom is -0.395 e. The molecule has 0 aliphatic heterocycles. The summed E-state index contributed by atoms with van der Waals surface area (Å²) in [5, 5.41) is 9.09. The van der Waals surface area contributed by atoms with Crippen molar-refractivity contribution in [1.29, 1.82) is 0 Å². The summed E-state index contributed by atoms with van der Waals surface area (Å²) in [5.74, 6) is -0.340. The maximum atomic E-state index is 12.8. The van der Waals surface area contributed by atoms with Crippen molar-refractivity contribution in [3.8, 4) is 0 Å². The van der Waals surface area contributed by atoms with Crippen molar-refractivity contribution < 1.29 is 9.50 Å². The van der Waals surface area contributed by atoms with Crippen LogP contribution in [0.3, 0.4) is 0 Å². The van der Waals surface area contributed by atoms with E-state index in [1.165, 1.54) is 31.5 Å². The zero-order chi connectivity index (χ0) is 13.7. The molecule has 19 heavy (non-hydrogen) atoms. The first-order valence-corrected chi connectivity index (χ1v) is 6.92. The van der Waals surface area contributed by atoms with Crippen molar-refractivity contribution in [2.24, 2.45) is 5.73 Å². The van der Waals surface area contributed by atoms with E-state index < -0.39 is 0 Å². The Hall–Kier alpha value is -1.04. The molecule has 3 N–H and O–H groups in total. The van der Waals surface area contributed by atoms with Gasteiger partial charge in [-0.1, -0.05) is 6.42 Å². The van der Waals surface area contributed by atoms with Gasteiger partial charge in [0.15, 0.2) is 0 Å². The van der Waals surface area contributed by atoms with Gasteiger partial charge < -0.3 is 10.8 Å². The van der Waals surface area contributed by atoms with Crippen LogP contribution in [0.25, 0.3) is 0 Å². The molecule has 1 heterocycles. The number of rotatable bonds is 7. The molecule has 0 radical (unpaired) electrons. The Kier molecular flexibility index (Phi) is 5.24. The Morgan fingerprint density at radius 3 is 2.74 bits per heavy atom. The molecule has 5 heteroatoms. The minimum atomic E-state index is -0.340. The molecule has 1 unspecified atom stereocenters. The van der Waals surface area contributed by atoms with Crippen LogP contribution >= 0.6 is 0 Å². The van der Waals surface area contributed by atoms with Crippen LogP contribution < -0.4 is 5.73 Å². The summed E-state index contributed by atoms with van der Waals surface area (Å²) in [5.41, 5.74) is 6.80. The number of aliphatic hydroxyl groups is 1. The van der Waals surface area contributed by atoms with Crippen molar-refractivity contribution >= 4 is 0 Å². The summed E-state index contributed by atoms with van der Waals surface area (Å²) >= 11 is 0. The Morgan fingerprint density at radius 1 is 1.42 bits per heavy atom. The molecule has 0 amide bonds. The molecule has 106 valence electrons. The maximum Gasteiger partial charge on any atom is 0.141 e. The molecule has 1 aliphatic rings. The van der Waals surface area contributed by atoms with Crippen LogP contribution in [0.4, 0.5) is 4.39 Å². The highest BCUT2D eigenvalue weighted by atomic mass is 19.1. The van der Waals surface area contributed by atoms with E-state index in [0.717, 1.165) is 18.7 Å². The number of aliphatic hydroxyl groups excluding tert-OH is 1. The van der Waals surface area contributed by atoms with E-state index in [9.17, 15) is 4.39 Å². The van der Waals surface area contributed by atoms with Gasteiger partial charge in [0.2, 0.25) is 0 Å². The number of halogens is 1. The predicted octanol–water partition coefficient (Wildman–Crippen LogP) is 1.46. The Morgan fingerprint density at radius 2 is 2.21 bits per heavy atom. The molecule has 0 aromatic carbocycles. The number of pyridine rings is 1. The molecule has 2 rings (SSSR count). The quantitative estimate of drug-likeness (QED) is 0.785. The first kappa shape index (κ1) is 14.4. The van der Waals surface area contributed by atoms with E-state index in [2.05, 4.69) is 9.88 Å². The van der Waals surface area contributed by atoms with Crippen LogP contribution in [0.2, 0.25) is 0 Å². The predicted molar refractivity (Wildman–Crippen MR) is 72.0 cm³/mol. The SMILES string of the molecule is NC(CCN(CCO)C1CCC1)c1ccc(F)cn1. The first-order chi connectivity index (χ1) is 9.20. The van der Waals surface area contributed by atoms with E-state index in [0.29, 0.717) is 12.6 Å². The lowest BCUT2D eigenvalue weighted by atomic mass is 9.91. The highest BCUT2D eigenvalue weighted by Crippen LogP contribution is 2.25. The fourth-order valence-corrected chi connectivity index (χ4v) is 2.42. The smallest absolute Gasteiger partial charge is 0.141 e. The summed E-state index contributed by atoms with van der Waals surface area (Å²) in [6.45, 7) is 1.74. The summed E-state index contributed by atoms with van der Waals surface area (Å²) in [7, 11) is 0. The second kappa shape index (κ2) is 6.93. The van der Waals surface area contributed by atoms with E-state index in [4.69, 9.17) is 10.8 Å². The average Bonchev–Trinajstić information content (AvgIpc) is 2.34. The van der Waals surface area contributed by atoms with E-state index in [-0.39, 0.29) is 18.5 Å². The van der Waals surface area contributed by atoms with E-state index in [1.54, 1.807) is 6.07 Å². The molecule has 1 aromatic heterocycles. The van der Waals surface area contributed by atoms with Crippen LogP contribution in [0.1, 0.15) is 37.4 Å². The summed E-state index contributed by atoms with van der Waals surface area (Å²) in [4.78, 5) is 6.31. The molecule has 0 saturated heterocycles. The zero-order valence-electron chi connectivity index (χ0n) is 11.1. The number of hydrogen-bond donors (Lipinski definition) is 2. The van der Waals surface area contributed by atoms with Crippen molar-refractivity contribution in [3.63, 3.8) is 0 Å². The van der Waals surface area contributed by atoms with Gasteiger partial charge in [-0.2, -0.15) is 0 Å². The lowest BCUT2D eigenvalue weighted by Crippen LogP contribution is -2.43. The Balaban J connectivity index is 1.83.